The summed E-state index contributed by atoms with van der Waals surface area (Å²) in [5.41, 5.74) is 0.920. The lowest BCUT2D eigenvalue weighted by molar-refractivity contribution is -0.135. The first-order chi connectivity index (χ1) is 10.9. The minimum atomic E-state index is -1.23. The first-order valence-electron chi connectivity index (χ1n) is 6.42. The van der Waals surface area contributed by atoms with Gasteiger partial charge in [0.1, 0.15) is 20.1 Å². The van der Waals surface area contributed by atoms with E-state index in [2.05, 4.69) is 10.3 Å². The molecule has 2 radical (unpaired) electrons. The molecule has 8 heteroatoms. The number of carboxylic acids is 1. The molecule has 0 atom stereocenters. The van der Waals surface area contributed by atoms with Gasteiger partial charge in [0, 0.05) is 0 Å². The summed E-state index contributed by atoms with van der Waals surface area (Å²) in [6.45, 7) is -0.605. The molecule has 2 rings (SSSR count). The quantitative estimate of drug-likeness (QED) is 0.680. The third-order valence-electron chi connectivity index (χ3n) is 2.95. The van der Waals surface area contributed by atoms with Gasteiger partial charge >= 0.3 is 5.97 Å². The molecule has 112 valence electrons. The predicted molar refractivity (Wildman–Crippen MR) is 81.4 cm³/mol. The zero-order chi connectivity index (χ0) is 17.0. The molecule has 1 amide bonds. The Morgan fingerprint density at radius 2 is 2.09 bits per heavy atom. The monoisotopic (exact) mass is 307 g/mol. The van der Waals surface area contributed by atoms with Gasteiger partial charge in [-0.1, -0.05) is 12.1 Å². The summed E-state index contributed by atoms with van der Waals surface area (Å²) >= 11 is 0. The van der Waals surface area contributed by atoms with Gasteiger partial charge in [0.15, 0.2) is 5.69 Å². The van der Waals surface area contributed by atoms with Gasteiger partial charge in [0.05, 0.1) is 11.6 Å². The highest BCUT2D eigenvalue weighted by atomic mass is 16.4. The highest BCUT2D eigenvalue weighted by molar-refractivity contribution is 6.34. The van der Waals surface area contributed by atoms with Gasteiger partial charge in [-0.05, 0) is 34.9 Å². The fourth-order valence-corrected chi connectivity index (χ4v) is 1.91. The van der Waals surface area contributed by atoms with Gasteiger partial charge < -0.3 is 15.5 Å². The first kappa shape index (κ1) is 16.0. The van der Waals surface area contributed by atoms with Crippen LogP contribution >= 0.6 is 0 Å². The van der Waals surface area contributed by atoms with Crippen LogP contribution in [-0.4, -0.2) is 41.5 Å². The predicted octanol–water partition coefficient (Wildman–Crippen LogP) is -0.0659. The second-order valence-corrected chi connectivity index (χ2v) is 4.56. The van der Waals surface area contributed by atoms with E-state index in [0.717, 1.165) is 0 Å². The van der Waals surface area contributed by atoms with Crippen molar-refractivity contribution in [1.82, 2.24) is 10.3 Å². The highest BCUT2D eigenvalue weighted by Gasteiger charge is 2.17. The minimum Gasteiger partial charge on any atom is -0.505 e. The molecule has 0 unspecified atom stereocenters. The molecular weight excluding hydrogens is 297 g/mol. The van der Waals surface area contributed by atoms with Crippen molar-refractivity contribution in [1.29, 1.82) is 5.26 Å². The van der Waals surface area contributed by atoms with E-state index in [9.17, 15) is 14.7 Å². The summed E-state index contributed by atoms with van der Waals surface area (Å²) < 4.78 is 0. The Kier molecular flexibility index (Phi) is 4.62. The third-order valence-corrected chi connectivity index (χ3v) is 2.95. The number of hydrogen-bond acceptors (Lipinski definition) is 5. The van der Waals surface area contributed by atoms with Crippen LogP contribution in [0.5, 0.6) is 5.75 Å². The van der Waals surface area contributed by atoms with Crippen LogP contribution in [0.15, 0.2) is 30.3 Å². The van der Waals surface area contributed by atoms with Crippen molar-refractivity contribution in [3.63, 3.8) is 0 Å². The van der Waals surface area contributed by atoms with E-state index >= 15 is 0 Å². The number of rotatable bonds is 4. The fraction of sp³-hybridized carbons (Fsp3) is 0.0667. The Bertz CT molecular complexity index is 830. The van der Waals surface area contributed by atoms with Gasteiger partial charge in [0.25, 0.3) is 5.91 Å². The number of carboxylic acid groups (broad SMARTS) is 1. The number of aromatic hydroxyl groups is 1. The van der Waals surface area contributed by atoms with Crippen LogP contribution in [0.3, 0.4) is 0 Å². The van der Waals surface area contributed by atoms with E-state index in [1.165, 1.54) is 6.07 Å². The van der Waals surface area contributed by atoms with E-state index in [1.54, 1.807) is 24.3 Å². The number of carbonyl (C=O) groups is 2. The topological polar surface area (TPSA) is 123 Å². The van der Waals surface area contributed by atoms with Gasteiger partial charge in [0.2, 0.25) is 0 Å². The summed E-state index contributed by atoms with van der Waals surface area (Å²) in [4.78, 5) is 26.0. The number of hydrogen-bond donors (Lipinski definition) is 3. The molecule has 1 aromatic carbocycles. The Morgan fingerprint density at radius 1 is 1.35 bits per heavy atom. The van der Waals surface area contributed by atoms with E-state index in [1.807, 2.05) is 6.07 Å². The molecular formula is C15H10BN3O4. The van der Waals surface area contributed by atoms with Crippen molar-refractivity contribution < 1.29 is 19.8 Å². The van der Waals surface area contributed by atoms with E-state index in [-0.39, 0.29) is 11.3 Å². The first-order valence-corrected chi connectivity index (χ1v) is 6.42. The maximum Gasteiger partial charge on any atom is 0.322 e. The molecule has 2 aromatic rings. The molecule has 0 aliphatic carbocycles. The summed E-state index contributed by atoms with van der Waals surface area (Å²) in [6, 6.07) is 9.74. The molecule has 7 nitrogen and oxygen atoms in total. The van der Waals surface area contributed by atoms with E-state index < -0.39 is 24.2 Å². The smallest absolute Gasteiger partial charge is 0.322 e. The van der Waals surface area contributed by atoms with E-state index in [0.29, 0.717) is 16.7 Å². The Morgan fingerprint density at radius 3 is 2.74 bits per heavy atom. The van der Waals surface area contributed by atoms with Crippen molar-refractivity contribution >= 4 is 25.3 Å². The van der Waals surface area contributed by atoms with Crippen molar-refractivity contribution in [2.75, 3.05) is 6.54 Å². The summed E-state index contributed by atoms with van der Waals surface area (Å²) in [5, 5.41) is 29.5. The van der Waals surface area contributed by atoms with Crippen LogP contribution in [-0.2, 0) is 4.79 Å². The maximum absolute atomic E-state index is 11.8. The Labute approximate surface area is 132 Å². The summed E-state index contributed by atoms with van der Waals surface area (Å²) in [7, 11) is 5.81. The van der Waals surface area contributed by atoms with Crippen LogP contribution in [0, 0.1) is 11.3 Å². The number of pyridine rings is 1. The SMILES string of the molecule is [B]c1nc(C(=O)NCC(=O)O)c(O)cc1-c1cccc(C#N)c1. The summed E-state index contributed by atoms with van der Waals surface area (Å²) in [6.07, 6.45) is 0. The molecule has 3 N–H and O–H groups in total. The number of benzene rings is 1. The second-order valence-electron chi connectivity index (χ2n) is 4.56. The van der Waals surface area contributed by atoms with Crippen LogP contribution in [0.4, 0.5) is 0 Å². The molecule has 0 aliphatic rings. The average molecular weight is 307 g/mol. The molecule has 0 saturated heterocycles. The van der Waals surface area contributed by atoms with Crippen molar-refractivity contribution in [3.8, 4) is 22.9 Å². The van der Waals surface area contributed by atoms with Crippen molar-refractivity contribution in [2.45, 2.75) is 0 Å². The molecule has 0 spiro atoms. The van der Waals surface area contributed by atoms with E-state index in [4.69, 9.17) is 18.2 Å². The molecule has 1 aromatic heterocycles. The molecule has 0 saturated carbocycles. The number of carbonyl (C=O) groups excluding carboxylic acids is 1. The number of nitrogens with one attached hydrogen (secondary N) is 1. The Hall–Kier alpha value is -3.34. The van der Waals surface area contributed by atoms with Gasteiger partial charge in [-0.2, -0.15) is 5.26 Å². The molecule has 0 fully saturated rings. The molecule has 1 heterocycles. The largest absolute Gasteiger partial charge is 0.505 e. The second kappa shape index (κ2) is 6.62. The van der Waals surface area contributed by atoms with Crippen LogP contribution in [0.1, 0.15) is 16.1 Å². The van der Waals surface area contributed by atoms with Gasteiger partial charge in [-0.15, -0.1) is 0 Å². The fourth-order valence-electron chi connectivity index (χ4n) is 1.91. The number of aliphatic carboxylic acids is 1. The molecule has 23 heavy (non-hydrogen) atoms. The van der Waals surface area contributed by atoms with Gasteiger partial charge in [-0.3, -0.25) is 14.6 Å². The van der Waals surface area contributed by atoms with Crippen LogP contribution < -0.4 is 10.9 Å². The number of amides is 1. The standard InChI is InChI=1S/C15H10BN3O4/c16-14-10(9-3-1-2-8(4-9)6-17)5-11(20)13(19-14)15(23)18-7-12(21)22/h1-5,20H,7H2,(H,18,23)(H,21,22). The lowest BCUT2D eigenvalue weighted by Crippen LogP contribution is -2.31. The molecule has 0 bridgehead atoms. The van der Waals surface area contributed by atoms with Crippen molar-refractivity contribution in [3.05, 3.63) is 41.6 Å². The minimum absolute atomic E-state index is 0.0293. The maximum atomic E-state index is 11.8. The summed E-state index contributed by atoms with van der Waals surface area (Å²) in [5.74, 6) is -2.52. The average Bonchev–Trinajstić information content (AvgIpc) is 2.54. The zero-order valence-electron chi connectivity index (χ0n) is 11.8. The molecule has 0 aliphatic heterocycles. The van der Waals surface area contributed by atoms with Crippen molar-refractivity contribution in [2.24, 2.45) is 0 Å². The lowest BCUT2D eigenvalue weighted by atomic mass is 9.91. The normalized spacial score (nSPS) is 9.87. The van der Waals surface area contributed by atoms with Crippen LogP contribution in [0.25, 0.3) is 11.1 Å². The van der Waals surface area contributed by atoms with Gasteiger partial charge in [-0.25, -0.2) is 0 Å². The highest BCUT2D eigenvalue weighted by Crippen LogP contribution is 2.23. The zero-order valence-corrected chi connectivity index (χ0v) is 11.8. The third kappa shape index (κ3) is 3.65. The lowest BCUT2D eigenvalue weighted by Gasteiger charge is -2.11. The number of nitrogens with zero attached hydrogens (tertiary/aromatic N) is 2. The van der Waals surface area contributed by atoms with Crippen LogP contribution in [0.2, 0.25) is 0 Å². The Balaban J connectivity index is 2.39. The number of nitriles is 1. The number of aromatic nitrogens is 1.